The first-order chi connectivity index (χ1) is 10.4. The Morgan fingerprint density at radius 2 is 1.86 bits per heavy atom. The molecule has 21 heavy (non-hydrogen) atoms. The highest BCUT2D eigenvalue weighted by Gasteiger charge is 2.19. The van der Waals surface area contributed by atoms with E-state index in [4.69, 9.17) is 0 Å². The average Bonchev–Trinajstić information content (AvgIpc) is 3.18. The van der Waals surface area contributed by atoms with Gasteiger partial charge in [0.05, 0.1) is 0 Å². The molecule has 0 atom stereocenters. The predicted molar refractivity (Wildman–Crippen MR) is 91.0 cm³/mol. The van der Waals surface area contributed by atoms with Crippen LogP contribution in [0.2, 0.25) is 0 Å². The maximum atomic E-state index is 2.49. The third-order valence-electron chi connectivity index (χ3n) is 4.09. The Morgan fingerprint density at radius 3 is 2.67 bits per heavy atom. The fourth-order valence-corrected chi connectivity index (χ4v) is 3.76. The minimum Gasteiger partial charge on any atom is -0.367 e. The van der Waals surface area contributed by atoms with Gasteiger partial charge in [0.25, 0.3) is 0 Å². The highest BCUT2D eigenvalue weighted by atomic mass is 32.1. The Labute approximate surface area is 129 Å². The van der Waals surface area contributed by atoms with Crippen LogP contribution in [0.25, 0.3) is 10.4 Å². The number of thiophene rings is 1. The zero-order chi connectivity index (χ0) is 14.1. The van der Waals surface area contributed by atoms with Crippen molar-refractivity contribution in [3.8, 4) is 10.4 Å². The minimum atomic E-state index is 1.01. The number of anilines is 1. The van der Waals surface area contributed by atoms with Gasteiger partial charge in [-0.2, -0.15) is 0 Å². The molecule has 2 heterocycles. The summed E-state index contributed by atoms with van der Waals surface area (Å²) < 4.78 is 0. The molecule has 1 nitrogen and oxygen atoms in total. The van der Waals surface area contributed by atoms with Gasteiger partial charge in [-0.25, -0.2) is 0 Å². The van der Waals surface area contributed by atoms with Crippen molar-refractivity contribution < 1.29 is 0 Å². The van der Waals surface area contributed by atoms with Gasteiger partial charge in [-0.3, -0.25) is 0 Å². The van der Waals surface area contributed by atoms with Crippen LogP contribution in [0.5, 0.6) is 0 Å². The largest absolute Gasteiger partial charge is 0.367 e. The van der Waals surface area contributed by atoms with Gasteiger partial charge < -0.3 is 4.90 Å². The van der Waals surface area contributed by atoms with Crippen LogP contribution in [0.15, 0.2) is 66.0 Å². The van der Waals surface area contributed by atoms with Crippen LogP contribution in [0, 0.1) is 0 Å². The van der Waals surface area contributed by atoms with E-state index in [1.807, 2.05) is 11.3 Å². The highest BCUT2D eigenvalue weighted by Crippen LogP contribution is 2.34. The van der Waals surface area contributed by atoms with Crippen molar-refractivity contribution in [1.29, 1.82) is 0 Å². The smallest absolute Gasteiger partial charge is 0.0429 e. The van der Waals surface area contributed by atoms with Crippen LogP contribution in [-0.4, -0.2) is 6.54 Å². The van der Waals surface area contributed by atoms with Crippen LogP contribution < -0.4 is 4.90 Å². The molecule has 2 aromatic carbocycles. The van der Waals surface area contributed by atoms with Crippen molar-refractivity contribution in [2.75, 3.05) is 11.4 Å². The molecule has 0 aliphatic carbocycles. The molecule has 0 N–H and O–H groups in total. The third-order valence-corrected chi connectivity index (χ3v) is 5.01. The topological polar surface area (TPSA) is 3.24 Å². The van der Waals surface area contributed by atoms with E-state index in [2.05, 4.69) is 70.9 Å². The van der Waals surface area contributed by atoms with E-state index in [1.165, 1.54) is 27.3 Å². The molecule has 0 saturated heterocycles. The highest BCUT2D eigenvalue weighted by molar-refractivity contribution is 7.13. The average molecular weight is 291 g/mol. The fourth-order valence-electron chi connectivity index (χ4n) is 3.03. The number of nitrogens with zero attached hydrogens (tertiary/aromatic N) is 1. The quantitative estimate of drug-likeness (QED) is 0.658. The number of rotatable bonds is 3. The molecule has 0 unspecified atom stereocenters. The van der Waals surface area contributed by atoms with Gasteiger partial charge in [0.1, 0.15) is 0 Å². The van der Waals surface area contributed by atoms with E-state index in [0.717, 1.165) is 19.5 Å². The molecular weight excluding hydrogens is 274 g/mol. The summed E-state index contributed by atoms with van der Waals surface area (Å²) in [5.41, 5.74) is 5.62. The lowest BCUT2D eigenvalue weighted by Crippen LogP contribution is -2.19. The Morgan fingerprint density at radius 1 is 0.952 bits per heavy atom. The monoisotopic (exact) mass is 291 g/mol. The summed E-state index contributed by atoms with van der Waals surface area (Å²) in [6, 6.07) is 22.0. The molecule has 0 spiro atoms. The summed E-state index contributed by atoms with van der Waals surface area (Å²) >= 11 is 1.81. The normalized spacial score (nSPS) is 13.4. The lowest BCUT2D eigenvalue weighted by molar-refractivity contribution is 0.836. The molecule has 1 aromatic heterocycles. The molecule has 1 aliphatic rings. The SMILES string of the molecule is c1ccc(CN2CCc3cc(-c4cccs4)ccc32)cc1. The predicted octanol–water partition coefficient (Wildman–Crippen LogP) is 4.98. The second-order valence-electron chi connectivity index (χ2n) is 5.48. The van der Waals surface area contributed by atoms with Crippen LogP contribution in [0.1, 0.15) is 11.1 Å². The van der Waals surface area contributed by atoms with Crippen LogP contribution in [-0.2, 0) is 13.0 Å². The summed E-state index contributed by atoms with van der Waals surface area (Å²) in [5, 5.41) is 2.14. The maximum Gasteiger partial charge on any atom is 0.0429 e. The van der Waals surface area contributed by atoms with Crippen LogP contribution in [0.3, 0.4) is 0 Å². The van der Waals surface area contributed by atoms with Gasteiger partial charge in [0.15, 0.2) is 0 Å². The van der Waals surface area contributed by atoms with Crippen molar-refractivity contribution in [2.45, 2.75) is 13.0 Å². The molecule has 0 saturated carbocycles. The third kappa shape index (κ3) is 2.47. The Balaban J connectivity index is 1.61. The van der Waals surface area contributed by atoms with E-state index in [-0.39, 0.29) is 0 Å². The minimum absolute atomic E-state index is 1.01. The van der Waals surface area contributed by atoms with E-state index >= 15 is 0 Å². The summed E-state index contributed by atoms with van der Waals surface area (Å²) in [7, 11) is 0. The van der Waals surface area contributed by atoms with Crippen molar-refractivity contribution in [2.24, 2.45) is 0 Å². The number of benzene rings is 2. The maximum absolute atomic E-state index is 2.49. The molecule has 0 amide bonds. The zero-order valence-electron chi connectivity index (χ0n) is 11.8. The standard InChI is InChI=1S/C19H17NS/c1-2-5-15(6-3-1)14-20-11-10-16-13-17(8-9-18(16)20)19-7-4-12-21-19/h1-9,12-13H,10-11,14H2. The summed E-state index contributed by atoms with van der Waals surface area (Å²) in [5.74, 6) is 0. The zero-order valence-corrected chi connectivity index (χ0v) is 12.6. The molecule has 3 aromatic rings. The molecular formula is C19H17NS. The molecule has 4 rings (SSSR count). The summed E-state index contributed by atoms with van der Waals surface area (Å²) in [6.07, 6.45) is 1.15. The van der Waals surface area contributed by atoms with E-state index in [0.29, 0.717) is 0 Å². The Hall–Kier alpha value is -2.06. The van der Waals surface area contributed by atoms with E-state index < -0.39 is 0 Å². The Bertz CT molecular complexity index is 732. The summed E-state index contributed by atoms with van der Waals surface area (Å²) in [6.45, 7) is 2.13. The number of hydrogen-bond donors (Lipinski definition) is 0. The first kappa shape index (κ1) is 12.7. The van der Waals surface area contributed by atoms with Gasteiger partial charge in [-0.05, 0) is 46.7 Å². The second-order valence-corrected chi connectivity index (χ2v) is 6.43. The van der Waals surface area contributed by atoms with E-state index in [1.54, 1.807) is 0 Å². The molecule has 0 radical (unpaired) electrons. The Kier molecular flexibility index (Phi) is 3.24. The van der Waals surface area contributed by atoms with Crippen LogP contribution in [0.4, 0.5) is 5.69 Å². The number of fused-ring (bicyclic) bond motifs is 1. The molecule has 0 bridgehead atoms. The molecule has 1 aliphatic heterocycles. The van der Waals surface area contributed by atoms with Gasteiger partial charge in [0.2, 0.25) is 0 Å². The van der Waals surface area contributed by atoms with Gasteiger partial charge in [0, 0.05) is 23.7 Å². The lowest BCUT2D eigenvalue weighted by Gasteiger charge is -2.19. The van der Waals surface area contributed by atoms with Gasteiger partial charge in [-0.15, -0.1) is 11.3 Å². The second kappa shape index (κ2) is 5.38. The van der Waals surface area contributed by atoms with Crippen molar-refractivity contribution in [3.05, 3.63) is 77.2 Å². The first-order valence-electron chi connectivity index (χ1n) is 7.36. The summed E-state index contributed by atoms with van der Waals surface area (Å²) in [4.78, 5) is 3.85. The molecule has 0 fully saturated rings. The van der Waals surface area contributed by atoms with Gasteiger partial charge >= 0.3 is 0 Å². The van der Waals surface area contributed by atoms with Crippen molar-refractivity contribution in [1.82, 2.24) is 0 Å². The van der Waals surface area contributed by atoms with Crippen molar-refractivity contribution in [3.63, 3.8) is 0 Å². The molecule has 2 heteroatoms. The lowest BCUT2D eigenvalue weighted by atomic mass is 10.1. The molecule has 104 valence electrons. The van der Waals surface area contributed by atoms with Gasteiger partial charge in [-0.1, -0.05) is 42.5 Å². The first-order valence-corrected chi connectivity index (χ1v) is 8.24. The fraction of sp³-hybridized carbons (Fsp3) is 0.158. The number of hydrogen-bond acceptors (Lipinski definition) is 2. The van der Waals surface area contributed by atoms with Crippen molar-refractivity contribution >= 4 is 17.0 Å². The van der Waals surface area contributed by atoms with Crippen LogP contribution >= 0.6 is 11.3 Å². The van der Waals surface area contributed by atoms with E-state index in [9.17, 15) is 0 Å².